The molecular weight excluding hydrogens is 406 g/mol. The molecule has 1 spiro atoms. The summed E-state index contributed by atoms with van der Waals surface area (Å²) in [7, 11) is 0. The zero-order chi connectivity index (χ0) is 21.9. The minimum Gasteiger partial charge on any atom is -0.508 e. The van der Waals surface area contributed by atoms with E-state index >= 15 is 0 Å². The molecule has 0 aromatic heterocycles. The van der Waals surface area contributed by atoms with Crippen LogP contribution in [-0.2, 0) is 10.3 Å². The van der Waals surface area contributed by atoms with Crippen molar-refractivity contribution in [3.05, 3.63) is 86.8 Å². The number of azide groups is 1. The summed E-state index contributed by atoms with van der Waals surface area (Å²) < 4.78 is 11.6. The molecule has 5 rings (SSSR count). The molecule has 31 heavy (non-hydrogen) atoms. The maximum Gasteiger partial charge on any atom is 0.343 e. The maximum absolute atomic E-state index is 12.8. The Morgan fingerprint density at radius 3 is 2.61 bits per heavy atom. The van der Waals surface area contributed by atoms with Crippen molar-refractivity contribution in [1.82, 2.24) is 0 Å². The molecule has 10 heteroatoms. The summed E-state index contributed by atoms with van der Waals surface area (Å²) in [6.45, 7) is 0. The van der Waals surface area contributed by atoms with Crippen LogP contribution >= 0.6 is 0 Å². The van der Waals surface area contributed by atoms with Crippen LogP contribution in [0.1, 0.15) is 37.4 Å². The largest absolute Gasteiger partial charge is 0.508 e. The van der Waals surface area contributed by atoms with Crippen LogP contribution in [0.4, 0.5) is 5.69 Å². The van der Waals surface area contributed by atoms with Gasteiger partial charge in [-0.25, -0.2) is 9.59 Å². The van der Waals surface area contributed by atoms with Gasteiger partial charge in [-0.2, -0.15) is 0 Å². The number of nitrogens with zero attached hydrogens (tertiary/aromatic N) is 3. The fraction of sp³-hybridized carbons (Fsp3) is 0.0476. The molecule has 3 N–H and O–H groups in total. The Kier molecular flexibility index (Phi) is 3.64. The monoisotopic (exact) mass is 417 g/mol. The third kappa shape index (κ3) is 2.30. The molecule has 1 unspecified atom stereocenters. The number of esters is 1. The van der Waals surface area contributed by atoms with Crippen molar-refractivity contribution in [2.75, 3.05) is 0 Å². The van der Waals surface area contributed by atoms with Crippen LogP contribution in [0.5, 0.6) is 23.0 Å². The van der Waals surface area contributed by atoms with E-state index in [1.807, 2.05) is 0 Å². The first-order valence-corrected chi connectivity index (χ1v) is 8.91. The van der Waals surface area contributed by atoms with Gasteiger partial charge in [-0.05, 0) is 29.8 Å². The smallest absolute Gasteiger partial charge is 0.343 e. The van der Waals surface area contributed by atoms with Crippen molar-refractivity contribution in [3.63, 3.8) is 0 Å². The van der Waals surface area contributed by atoms with Gasteiger partial charge in [-0.1, -0.05) is 23.3 Å². The molecular formula is C21H11N3O7. The van der Waals surface area contributed by atoms with Crippen LogP contribution < -0.4 is 4.74 Å². The Hall–Kier alpha value is -4.69. The van der Waals surface area contributed by atoms with Gasteiger partial charge in [-0.3, -0.25) is 0 Å². The van der Waals surface area contributed by atoms with E-state index in [1.54, 1.807) is 24.3 Å². The Labute approximate surface area is 173 Å². The number of aromatic carboxylic acids is 1. The van der Waals surface area contributed by atoms with Gasteiger partial charge in [0.05, 0.1) is 16.8 Å². The van der Waals surface area contributed by atoms with Crippen LogP contribution in [-0.4, -0.2) is 27.3 Å². The van der Waals surface area contributed by atoms with Crippen molar-refractivity contribution >= 4 is 17.6 Å². The quantitative estimate of drug-likeness (QED) is 0.242. The van der Waals surface area contributed by atoms with E-state index in [1.165, 1.54) is 18.2 Å². The summed E-state index contributed by atoms with van der Waals surface area (Å²) in [4.78, 5) is 27.5. The Bertz CT molecular complexity index is 1380. The van der Waals surface area contributed by atoms with Gasteiger partial charge in [0.15, 0.2) is 11.4 Å². The molecule has 2 aliphatic rings. The summed E-state index contributed by atoms with van der Waals surface area (Å²) in [5.41, 5.74) is 7.55. The average Bonchev–Trinajstić information content (AvgIpc) is 3.00. The van der Waals surface area contributed by atoms with Crippen molar-refractivity contribution in [2.45, 2.75) is 5.60 Å². The predicted octanol–water partition coefficient (Wildman–Crippen LogP) is 4.31. The number of rotatable bonds is 2. The molecule has 2 heterocycles. The molecule has 3 aromatic carbocycles. The highest BCUT2D eigenvalue weighted by Gasteiger charge is 2.55. The number of hydrogen-bond acceptors (Lipinski definition) is 7. The number of ether oxygens (including phenoxy) is 2. The molecule has 0 saturated carbocycles. The van der Waals surface area contributed by atoms with Gasteiger partial charge in [0.25, 0.3) is 0 Å². The lowest BCUT2D eigenvalue weighted by molar-refractivity contribution is 0.0226. The molecule has 1 atom stereocenters. The third-order valence-corrected chi connectivity index (χ3v) is 5.28. The number of carboxylic acids is 1. The van der Waals surface area contributed by atoms with Gasteiger partial charge in [0.1, 0.15) is 22.8 Å². The van der Waals surface area contributed by atoms with Crippen molar-refractivity contribution in [3.8, 4) is 23.0 Å². The first kappa shape index (κ1) is 18.3. The summed E-state index contributed by atoms with van der Waals surface area (Å²) >= 11 is 0. The van der Waals surface area contributed by atoms with E-state index < -0.39 is 28.9 Å². The molecule has 0 aliphatic carbocycles. The summed E-state index contributed by atoms with van der Waals surface area (Å²) in [6, 6.07) is 11.4. The van der Waals surface area contributed by atoms with Crippen molar-refractivity contribution in [2.24, 2.45) is 5.11 Å². The lowest BCUT2D eigenvalue weighted by Crippen LogP contribution is -2.33. The Balaban J connectivity index is 1.99. The minimum atomic E-state index is -1.73. The standard InChI is InChI=1S/C21H11N3O7/c22-24-23-13-7-9(25)8-15-17(13)21(11-4-2-1-3-10(11)20(29)31-21)12-5-6-14(26)16(19(27)28)18(12)30-15/h1-8,25-26H,(H,27,28). The zero-order valence-corrected chi connectivity index (χ0v) is 15.4. The molecule has 10 nitrogen and oxygen atoms in total. The average molecular weight is 417 g/mol. The van der Waals surface area contributed by atoms with Crippen LogP contribution in [0.15, 0.2) is 53.6 Å². The van der Waals surface area contributed by atoms with Crippen LogP contribution in [0.25, 0.3) is 10.4 Å². The molecule has 152 valence electrons. The van der Waals surface area contributed by atoms with Crippen LogP contribution in [0, 0.1) is 0 Å². The normalized spacial score (nSPS) is 17.6. The molecule has 0 radical (unpaired) electrons. The van der Waals surface area contributed by atoms with Gasteiger partial charge in [0.2, 0.25) is 0 Å². The second kappa shape index (κ2) is 6.15. The maximum atomic E-state index is 12.8. The predicted molar refractivity (Wildman–Crippen MR) is 104 cm³/mol. The van der Waals surface area contributed by atoms with E-state index in [-0.39, 0.29) is 39.6 Å². The van der Waals surface area contributed by atoms with E-state index in [2.05, 4.69) is 10.0 Å². The summed E-state index contributed by atoms with van der Waals surface area (Å²) in [5, 5.41) is 33.6. The van der Waals surface area contributed by atoms with E-state index in [9.17, 15) is 24.9 Å². The zero-order valence-electron chi connectivity index (χ0n) is 15.4. The fourth-order valence-corrected chi connectivity index (χ4v) is 4.16. The second-order valence-corrected chi connectivity index (χ2v) is 6.89. The third-order valence-electron chi connectivity index (χ3n) is 5.28. The number of phenolic OH excluding ortho intramolecular Hbond substituents is 1. The lowest BCUT2D eigenvalue weighted by Gasteiger charge is -2.37. The highest BCUT2D eigenvalue weighted by atomic mass is 16.6. The number of phenols is 2. The van der Waals surface area contributed by atoms with E-state index in [4.69, 9.17) is 15.0 Å². The number of carbonyl (C=O) groups excluding carboxylic acids is 1. The molecule has 0 bridgehead atoms. The van der Waals surface area contributed by atoms with E-state index in [0.717, 1.165) is 6.07 Å². The van der Waals surface area contributed by atoms with Crippen LogP contribution in [0.3, 0.4) is 0 Å². The highest BCUT2D eigenvalue weighted by Crippen LogP contribution is 2.60. The summed E-state index contributed by atoms with van der Waals surface area (Å²) in [5.74, 6) is -3.39. The first-order valence-electron chi connectivity index (χ1n) is 8.91. The topological polar surface area (TPSA) is 162 Å². The SMILES string of the molecule is [N-]=[N+]=Nc1cc(O)cc2c1C1(OC(=O)c3ccccc31)c1ccc(O)c(C(=O)O)c1O2. The highest BCUT2D eigenvalue weighted by molar-refractivity contribution is 5.99. The first-order chi connectivity index (χ1) is 14.9. The number of fused-ring (bicyclic) bond motifs is 6. The Morgan fingerprint density at radius 2 is 1.87 bits per heavy atom. The van der Waals surface area contributed by atoms with Gasteiger partial charge in [-0.15, -0.1) is 0 Å². The fourth-order valence-electron chi connectivity index (χ4n) is 4.16. The Morgan fingerprint density at radius 1 is 1.10 bits per heavy atom. The van der Waals surface area contributed by atoms with Crippen molar-refractivity contribution < 1.29 is 34.4 Å². The molecule has 2 aliphatic heterocycles. The molecule has 3 aromatic rings. The summed E-state index contributed by atoms with van der Waals surface area (Å²) in [6.07, 6.45) is 0. The second-order valence-electron chi connectivity index (χ2n) is 6.89. The number of aromatic hydroxyl groups is 2. The van der Waals surface area contributed by atoms with Gasteiger partial charge < -0.3 is 24.8 Å². The number of benzene rings is 3. The van der Waals surface area contributed by atoms with E-state index in [0.29, 0.717) is 5.56 Å². The van der Waals surface area contributed by atoms with Crippen molar-refractivity contribution in [1.29, 1.82) is 0 Å². The molecule has 0 saturated heterocycles. The van der Waals surface area contributed by atoms with Crippen LogP contribution in [0.2, 0.25) is 0 Å². The number of carboxylic acid groups (broad SMARTS) is 1. The lowest BCUT2D eigenvalue weighted by atomic mass is 9.76. The molecule has 0 fully saturated rings. The minimum absolute atomic E-state index is 0.0717. The number of carbonyl (C=O) groups is 2. The van der Waals surface area contributed by atoms with Gasteiger partial charge in [0, 0.05) is 22.1 Å². The van der Waals surface area contributed by atoms with Gasteiger partial charge >= 0.3 is 11.9 Å². The molecule has 0 amide bonds. The number of hydrogen-bond donors (Lipinski definition) is 3.